The Labute approximate surface area is 124 Å². The highest BCUT2D eigenvalue weighted by Crippen LogP contribution is 2.27. The Balaban J connectivity index is 2.42. The number of benzene rings is 1. The second-order valence-corrected chi connectivity index (χ2v) is 5.07. The van der Waals surface area contributed by atoms with Crippen molar-refractivity contribution in [3.8, 4) is 0 Å². The summed E-state index contributed by atoms with van der Waals surface area (Å²) in [5, 5.41) is 6.61. The van der Waals surface area contributed by atoms with Gasteiger partial charge in [-0.2, -0.15) is 0 Å². The zero-order chi connectivity index (χ0) is 14.7. The lowest BCUT2D eigenvalue weighted by atomic mass is 9.95. The second kappa shape index (κ2) is 6.05. The fourth-order valence-corrected chi connectivity index (χ4v) is 2.54. The number of carbonyl (C=O) groups excluding carboxylic acids is 1. The lowest BCUT2D eigenvalue weighted by Gasteiger charge is -2.29. The summed E-state index contributed by atoms with van der Waals surface area (Å²) < 4.78 is 4.87. The Morgan fingerprint density at radius 3 is 2.55 bits per heavy atom. The summed E-state index contributed by atoms with van der Waals surface area (Å²) in [7, 11) is 1.38. The van der Waals surface area contributed by atoms with Crippen LogP contribution in [0.15, 0.2) is 35.5 Å². The molecule has 20 heavy (non-hydrogen) atoms. The number of nitrogens with one attached hydrogen (secondary N) is 2. The predicted molar refractivity (Wildman–Crippen MR) is 82.1 cm³/mol. The monoisotopic (exact) mass is 290 g/mol. The summed E-state index contributed by atoms with van der Waals surface area (Å²) in [5.41, 5.74) is 3.53. The van der Waals surface area contributed by atoms with Crippen LogP contribution in [0.2, 0.25) is 0 Å². The van der Waals surface area contributed by atoms with E-state index in [4.69, 9.17) is 17.0 Å². The number of allylic oxidation sites excluding steroid dienone is 1. The quantitative estimate of drug-likeness (QED) is 0.660. The van der Waals surface area contributed by atoms with E-state index in [0.29, 0.717) is 10.7 Å². The van der Waals surface area contributed by atoms with Crippen LogP contribution in [-0.4, -0.2) is 18.2 Å². The molecule has 0 aromatic heterocycles. The minimum absolute atomic E-state index is 0.276. The molecule has 1 aromatic carbocycles. The van der Waals surface area contributed by atoms with Gasteiger partial charge in [-0.15, -0.1) is 0 Å². The van der Waals surface area contributed by atoms with Crippen LogP contribution in [0.25, 0.3) is 0 Å². The molecular formula is C15H18N2O2S. The van der Waals surface area contributed by atoms with Gasteiger partial charge in [0.25, 0.3) is 0 Å². The summed E-state index contributed by atoms with van der Waals surface area (Å²) in [6.07, 6.45) is 0.983. The molecule has 0 fully saturated rings. The van der Waals surface area contributed by atoms with Crippen molar-refractivity contribution in [1.29, 1.82) is 0 Å². The largest absolute Gasteiger partial charge is 0.466 e. The van der Waals surface area contributed by atoms with Crippen LogP contribution in [0.4, 0.5) is 0 Å². The first kappa shape index (κ1) is 14.5. The molecule has 2 N–H and O–H groups in total. The van der Waals surface area contributed by atoms with Gasteiger partial charge in [0, 0.05) is 5.70 Å². The zero-order valence-electron chi connectivity index (χ0n) is 11.8. The molecule has 0 saturated heterocycles. The summed E-state index contributed by atoms with van der Waals surface area (Å²) in [6, 6.07) is 7.88. The Hall–Kier alpha value is -1.88. The highest BCUT2D eigenvalue weighted by molar-refractivity contribution is 7.80. The molecule has 1 heterocycles. The van der Waals surface area contributed by atoms with Crippen molar-refractivity contribution in [2.75, 3.05) is 7.11 Å². The summed E-state index contributed by atoms with van der Waals surface area (Å²) in [5.74, 6) is -0.352. The lowest BCUT2D eigenvalue weighted by Crippen LogP contribution is -2.45. The van der Waals surface area contributed by atoms with Gasteiger partial charge in [-0.25, -0.2) is 4.79 Å². The number of aryl methyl sites for hydroxylation is 1. The van der Waals surface area contributed by atoms with E-state index in [1.165, 1.54) is 12.7 Å². The molecule has 0 amide bonds. The smallest absolute Gasteiger partial charge is 0.337 e. The van der Waals surface area contributed by atoms with Crippen molar-refractivity contribution in [3.05, 3.63) is 46.7 Å². The number of methoxy groups -OCH3 is 1. The Kier molecular flexibility index (Phi) is 4.39. The Bertz CT molecular complexity index is 564. The van der Waals surface area contributed by atoms with Gasteiger partial charge in [-0.1, -0.05) is 31.2 Å². The van der Waals surface area contributed by atoms with Gasteiger partial charge in [0.15, 0.2) is 5.11 Å². The van der Waals surface area contributed by atoms with Crippen molar-refractivity contribution >= 4 is 23.3 Å². The van der Waals surface area contributed by atoms with Crippen molar-refractivity contribution < 1.29 is 9.53 Å². The highest BCUT2D eigenvalue weighted by Gasteiger charge is 2.30. The lowest BCUT2D eigenvalue weighted by molar-refractivity contribution is -0.136. The van der Waals surface area contributed by atoms with E-state index in [0.717, 1.165) is 17.7 Å². The van der Waals surface area contributed by atoms with Crippen LogP contribution in [-0.2, 0) is 16.0 Å². The number of thiocarbonyl (C=S) groups is 1. The first-order valence-corrected chi connectivity index (χ1v) is 6.93. The van der Waals surface area contributed by atoms with Gasteiger partial charge in [-0.3, -0.25) is 0 Å². The third-order valence-electron chi connectivity index (χ3n) is 3.40. The maximum absolute atomic E-state index is 12.0. The normalized spacial score (nSPS) is 18.4. The molecule has 1 atom stereocenters. The number of ether oxygens (including phenoxy) is 1. The van der Waals surface area contributed by atoms with Gasteiger partial charge in [0.05, 0.1) is 18.7 Å². The average molecular weight is 290 g/mol. The third kappa shape index (κ3) is 2.82. The maximum atomic E-state index is 12.0. The molecule has 1 aliphatic rings. The van der Waals surface area contributed by atoms with Crippen molar-refractivity contribution in [3.63, 3.8) is 0 Å². The van der Waals surface area contributed by atoms with E-state index in [1.807, 2.05) is 19.1 Å². The molecule has 4 nitrogen and oxygen atoms in total. The van der Waals surface area contributed by atoms with Crippen molar-refractivity contribution in [2.45, 2.75) is 26.3 Å². The molecule has 5 heteroatoms. The van der Waals surface area contributed by atoms with E-state index in [9.17, 15) is 4.79 Å². The third-order valence-corrected chi connectivity index (χ3v) is 3.62. The van der Waals surface area contributed by atoms with E-state index >= 15 is 0 Å². The summed E-state index contributed by atoms with van der Waals surface area (Å²) in [6.45, 7) is 3.93. The van der Waals surface area contributed by atoms with Gasteiger partial charge in [-0.05, 0) is 36.7 Å². The predicted octanol–water partition coefficient (Wildman–Crippen LogP) is 2.21. The minimum atomic E-state index is -0.352. The van der Waals surface area contributed by atoms with Crippen molar-refractivity contribution in [2.24, 2.45) is 0 Å². The SMILES string of the molecule is CCc1ccc(C2NC(=S)NC(C)=C2C(=O)OC)cc1. The standard InChI is InChI=1S/C15H18N2O2S/c1-4-10-5-7-11(8-6-10)13-12(14(18)19-3)9(2)16-15(20)17-13/h5-8,13H,4H2,1-3H3,(H2,16,17,20). The van der Waals surface area contributed by atoms with Gasteiger partial charge in [0.1, 0.15) is 0 Å². The van der Waals surface area contributed by atoms with Crippen LogP contribution in [0.3, 0.4) is 0 Å². The molecular weight excluding hydrogens is 272 g/mol. The fourth-order valence-electron chi connectivity index (χ4n) is 2.27. The molecule has 0 aliphatic carbocycles. The molecule has 2 rings (SSSR count). The van der Waals surface area contributed by atoms with Crippen molar-refractivity contribution in [1.82, 2.24) is 10.6 Å². The number of esters is 1. The molecule has 0 radical (unpaired) electrons. The van der Waals surface area contributed by atoms with E-state index < -0.39 is 0 Å². The average Bonchev–Trinajstić information content (AvgIpc) is 2.46. The Morgan fingerprint density at radius 2 is 2.00 bits per heavy atom. The number of hydrogen-bond acceptors (Lipinski definition) is 3. The molecule has 106 valence electrons. The molecule has 1 aliphatic heterocycles. The second-order valence-electron chi connectivity index (χ2n) is 4.66. The first-order valence-electron chi connectivity index (χ1n) is 6.52. The minimum Gasteiger partial charge on any atom is -0.466 e. The summed E-state index contributed by atoms with van der Waals surface area (Å²) in [4.78, 5) is 12.0. The molecule has 0 bridgehead atoms. The van der Waals surface area contributed by atoms with E-state index in [-0.39, 0.29) is 12.0 Å². The van der Waals surface area contributed by atoms with E-state index in [2.05, 4.69) is 29.7 Å². The summed E-state index contributed by atoms with van der Waals surface area (Å²) >= 11 is 5.18. The zero-order valence-corrected chi connectivity index (χ0v) is 12.6. The number of rotatable bonds is 3. The first-order chi connectivity index (χ1) is 9.56. The van der Waals surface area contributed by atoms with Crippen LogP contribution < -0.4 is 10.6 Å². The van der Waals surface area contributed by atoms with Crippen LogP contribution >= 0.6 is 12.2 Å². The molecule has 0 spiro atoms. The van der Waals surface area contributed by atoms with Crippen LogP contribution in [0.5, 0.6) is 0 Å². The number of carbonyl (C=O) groups is 1. The van der Waals surface area contributed by atoms with Crippen LogP contribution in [0.1, 0.15) is 31.0 Å². The topological polar surface area (TPSA) is 50.4 Å². The molecule has 0 saturated carbocycles. The Morgan fingerprint density at radius 1 is 1.35 bits per heavy atom. The van der Waals surface area contributed by atoms with Gasteiger partial charge < -0.3 is 15.4 Å². The molecule has 1 aromatic rings. The van der Waals surface area contributed by atoms with Gasteiger partial charge in [0.2, 0.25) is 0 Å². The maximum Gasteiger partial charge on any atom is 0.337 e. The molecule has 1 unspecified atom stereocenters. The van der Waals surface area contributed by atoms with Gasteiger partial charge >= 0.3 is 5.97 Å². The highest BCUT2D eigenvalue weighted by atomic mass is 32.1. The fraction of sp³-hybridized carbons (Fsp3) is 0.333. The number of hydrogen-bond donors (Lipinski definition) is 2. The van der Waals surface area contributed by atoms with E-state index in [1.54, 1.807) is 0 Å². The van der Waals surface area contributed by atoms with Crippen LogP contribution in [0, 0.1) is 0 Å².